The van der Waals surface area contributed by atoms with Crippen LogP contribution in [0.15, 0.2) is 6.07 Å². The van der Waals surface area contributed by atoms with Crippen LogP contribution < -0.4 is 10.6 Å². The van der Waals surface area contributed by atoms with E-state index in [1.807, 2.05) is 6.92 Å². The molecule has 0 amide bonds. The fourth-order valence-electron chi connectivity index (χ4n) is 3.03. The monoisotopic (exact) mass is 277 g/mol. The van der Waals surface area contributed by atoms with Crippen LogP contribution in [0.3, 0.4) is 0 Å². The van der Waals surface area contributed by atoms with Gasteiger partial charge in [-0.25, -0.2) is 4.98 Å². The lowest BCUT2D eigenvalue weighted by molar-refractivity contribution is 0.446. The Morgan fingerprint density at radius 1 is 1.47 bits per heavy atom. The summed E-state index contributed by atoms with van der Waals surface area (Å²) in [6, 6.07) is 2.62. The average molecular weight is 277 g/mol. The van der Waals surface area contributed by atoms with Crippen molar-refractivity contribution < 1.29 is 0 Å². The second kappa shape index (κ2) is 5.87. The number of nitrogens with zero attached hydrogens (tertiary/aromatic N) is 2. The Kier molecular flexibility index (Phi) is 4.40. The molecule has 2 N–H and O–H groups in total. The third-order valence-corrected chi connectivity index (χ3v) is 4.15. The predicted molar refractivity (Wildman–Crippen MR) is 84.9 cm³/mol. The summed E-state index contributed by atoms with van der Waals surface area (Å²) in [5.74, 6) is 0.997. The molecule has 0 aromatic carbocycles. The Hall–Kier alpha value is -1.16. The third-order valence-electron chi connectivity index (χ3n) is 3.94. The van der Waals surface area contributed by atoms with Gasteiger partial charge in [-0.1, -0.05) is 19.1 Å². The van der Waals surface area contributed by atoms with Gasteiger partial charge in [-0.05, 0) is 51.2 Å². The smallest absolute Gasteiger partial charge is 0.139 e. The molecule has 0 saturated carbocycles. The standard InChI is InChI=1S/C15H23N3S/c1-4-12-7-5-6-8-18(12)15-13(14(16)19)10(2)9-11(3)17-15/h9,12H,4-8H2,1-3H3,(H2,16,19). The molecule has 104 valence electrons. The summed E-state index contributed by atoms with van der Waals surface area (Å²) in [5.41, 5.74) is 9.05. The number of hydrogen-bond acceptors (Lipinski definition) is 3. The van der Waals surface area contributed by atoms with E-state index in [0.29, 0.717) is 11.0 Å². The van der Waals surface area contributed by atoms with Crippen LogP contribution in [0.1, 0.15) is 49.4 Å². The second-order valence-electron chi connectivity index (χ2n) is 5.39. The first-order chi connectivity index (χ1) is 9.04. The molecule has 1 saturated heterocycles. The van der Waals surface area contributed by atoms with Crippen molar-refractivity contribution in [1.82, 2.24) is 4.98 Å². The maximum absolute atomic E-state index is 5.92. The number of aromatic nitrogens is 1. The molecule has 1 aliphatic heterocycles. The molecule has 2 heterocycles. The zero-order valence-corrected chi connectivity index (χ0v) is 12.9. The normalized spacial score (nSPS) is 19.5. The van der Waals surface area contributed by atoms with E-state index in [1.54, 1.807) is 0 Å². The second-order valence-corrected chi connectivity index (χ2v) is 5.83. The summed E-state index contributed by atoms with van der Waals surface area (Å²) in [5, 5.41) is 0. The fourth-order valence-corrected chi connectivity index (χ4v) is 3.29. The molecule has 1 fully saturated rings. The lowest BCUT2D eigenvalue weighted by Gasteiger charge is -2.37. The molecule has 3 nitrogen and oxygen atoms in total. The first-order valence-electron chi connectivity index (χ1n) is 7.09. The molecule has 0 radical (unpaired) electrons. The van der Waals surface area contributed by atoms with Gasteiger partial charge in [-0.15, -0.1) is 0 Å². The van der Waals surface area contributed by atoms with Gasteiger partial charge >= 0.3 is 0 Å². The number of pyridine rings is 1. The summed E-state index contributed by atoms with van der Waals surface area (Å²) in [6.45, 7) is 7.40. The lowest BCUT2D eigenvalue weighted by Crippen LogP contribution is -2.41. The molecule has 1 atom stereocenters. The van der Waals surface area contributed by atoms with E-state index < -0.39 is 0 Å². The average Bonchev–Trinajstić information content (AvgIpc) is 2.37. The first kappa shape index (κ1) is 14.3. The number of thiocarbonyl (C=S) groups is 1. The molecule has 0 aliphatic carbocycles. The highest BCUT2D eigenvalue weighted by atomic mass is 32.1. The van der Waals surface area contributed by atoms with Crippen molar-refractivity contribution in [3.63, 3.8) is 0 Å². The van der Waals surface area contributed by atoms with Gasteiger partial charge in [-0.3, -0.25) is 0 Å². The largest absolute Gasteiger partial charge is 0.389 e. The van der Waals surface area contributed by atoms with E-state index in [-0.39, 0.29) is 0 Å². The molecule has 19 heavy (non-hydrogen) atoms. The van der Waals surface area contributed by atoms with E-state index in [2.05, 4.69) is 24.8 Å². The number of hydrogen-bond donors (Lipinski definition) is 1. The van der Waals surface area contributed by atoms with Gasteiger partial charge in [0.1, 0.15) is 10.8 Å². The highest BCUT2D eigenvalue weighted by Crippen LogP contribution is 2.29. The van der Waals surface area contributed by atoms with E-state index in [1.165, 1.54) is 19.3 Å². The molecule has 2 rings (SSSR count). The zero-order valence-electron chi connectivity index (χ0n) is 12.1. The summed E-state index contributed by atoms with van der Waals surface area (Å²) in [6.07, 6.45) is 4.91. The SMILES string of the molecule is CCC1CCCCN1c1nc(C)cc(C)c1C(N)=S. The number of nitrogens with two attached hydrogens (primary N) is 1. The maximum atomic E-state index is 5.92. The number of aryl methyl sites for hydroxylation is 2. The van der Waals surface area contributed by atoms with Gasteiger partial charge < -0.3 is 10.6 Å². The fraction of sp³-hybridized carbons (Fsp3) is 0.600. The van der Waals surface area contributed by atoms with Gasteiger partial charge in [-0.2, -0.15) is 0 Å². The first-order valence-corrected chi connectivity index (χ1v) is 7.50. The highest BCUT2D eigenvalue weighted by molar-refractivity contribution is 7.80. The molecule has 1 unspecified atom stereocenters. The lowest BCUT2D eigenvalue weighted by atomic mass is 9.98. The Morgan fingerprint density at radius 3 is 2.84 bits per heavy atom. The minimum atomic E-state index is 0.459. The number of piperidine rings is 1. The molecular formula is C15H23N3S. The van der Waals surface area contributed by atoms with Crippen LogP contribution in [0.4, 0.5) is 5.82 Å². The maximum Gasteiger partial charge on any atom is 0.139 e. The molecule has 0 spiro atoms. The Bertz CT molecular complexity index is 485. The van der Waals surface area contributed by atoms with Crippen LogP contribution in [0.2, 0.25) is 0 Å². The third kappa shape index (κ3) is 2.89. The van der Waals surface area contributed by atoms with E-state index in [4.69, 9.17) is 22.9 Å². The van der Waals surface area contributed by atoms with E-state index in [0.717, 1.165) is 35.6 Å². The zero-order chi connectivity index (χ0) is 14.0. The molecule has 1 aromatic rings. The van der Waals surface area contributed by atoms with Gasteiger partial charge in [0.2, 0.25) is 0 Å². The van der Waals surface area contributed by atoms with Gasteiger partial charge in [0.05, 0.1) is 5.56 Å². The summed E-state index contributed by atoms with van der Waals surface area (Å²) < 4.78 is 0. The molecule has 0 bridgehead atoms. The van der Waals surface area contributed by atoms with Gasteiger partial charge in [0, 0.05) is 18.3 Å². The summed E-state index contributed by atoms with van der Waals surface area (Å²) in [7, 11) is 0. The van der Waals surface area contributed by atoms with Crippen molar-refractivity contribution in [2.75, 3.05) is 11.4 Å². The number of rotatable bonds is 3. The predicted octanol–water partition coefficient (Wildman–Crippen LogP) is 3.10. The van der Waals surface area contributed by atoms with Crippen LogP contribution >= 0.6 is 12.2 Å². The van der Waals surface area contributed by atoms with Crippen molar-refractivity contribution in [3.8, 4) is 0 Å². The summed E-state index contributed by atoms with van der Waals surface area (Å²) >= 11 is 5.24. The van der Waals surface area contributed by atoms with E-state index in [9.17, 15) is 0 Å². The quantitative estimate of drug-likeness (QED) is 0.862. The van der Waals surface area contributed by atoms with Crippen LogP contribution in [0.5, 0.6) is 0 Å². The minimum Gasteiger partial charge on any atom is -0.389 e. The Morgan fingerprint density at radius 2 is 2.21 bits per heavy atom. The molecule has 1 aliphatic rings. The molecular weight excluding hydrogens is 254 g/mol. The van der Waals surface area contributed by atoms with Crippen molar-refractivity contribution in [3.05, 3.63) is 22.9 Å². The number of anilines is 1. The molecule has 1 aromatic heterocycles. The molecule has 4 heteroatoms. The Labute approximate surface area is 121 Å². The van der Waals surface area contributed by atoms with Crippen molar-refractivity contribution >= 4 is 23.0 Å². The van der Waals surface area contributed by atoms with Crippen LogP contribution in [-0.2, 0) is 0 Å². The van der Waals surface area contributed by atoms with Gasteiger partial charge in [0.25, 0.3) is 0 Å². The van der Waals surface area contributed by atoms with Crippen molar-refractivity contribution in [2.45, 2.75) is 52.5 Å². The minimum absolute atomic E-state index is 0.459. The van der Waals surface area contributed by atoms with Crippen molar-refractivity contribution in [1.29, 1.82) is 0 Å². The summed E-state index contributed by atoms with van der Waals surface area (Å²) in [4.78, 5) is 7.61. The van der Waals surface area contributed by atoms with Crippen molar-refractivity contribution in [2.24, 2.45) is 5.73 Å². The van der Waals surface area contributed by atoms with Crippen LogP contribution in [0, 0.1) is 13.8 Å². The Balaban J connectivity index is 2.50. The van der Waals surface area contributed by atoms with E-state index >= 15 is 0 Å². The highest BCUT2D eigenvalue weighted by Gasteiger charge is 2.25. The van der Waals surface area contributed by atoms with Crippen LogP contribution in [-0.4, -0.2) is 22.6 Å². The van der Waals surface area contributed by atoms with Gasteiger partial charge in [0.15, 0.2) is 0 Å². The van der Waals surface area contributed by atoms with Crippen LogP contribution in [0.25, 0.3) is 0 Å². The topological polar surface area (TPSA) is 42.2 Å².